The fraction of sp³-hybridized carbons (Fsp3) is 1.00. The number of nitrogens with one attached hydrogen (secondary N) is 1. The van der Waals surface area contributed by atoms with Crippen LogP contribution in [0.5, 0.6) is 0 Å². The van der Waals surface area contributed by atoms with Gasteiger partial charge in [-0.25, -0.2) is 0 Å². The van der Waals surface area contributed by atoms with Gasteiger partial charge in [0, 0.05) is 12.6 Å². The highest BCUT2D eigenvalue weighted by atomic mass is 15.1. The fourth-order valence-electron chi connectivity index (χ4n) is 1.83. The Hall–Kier alpha value is -0.120. The minimum Gasteiger partial charge on any atom is -0.329 e. The maximum absolute atomic E-state index is 5.68. The monoisotopic (exact) mass is 157 g/mol. The van der Waals surface area contributed by atoms with E-state index in [-0.39, 0.29) is 0 Å². The molecule has 0 amide bonds. The Morgan fingerprint density at radius 2 is 2.36 bits per heavy atom. The third-order valence-electron chi connectivity index (χ3n) is 2.55. The maximum atomic E-state index is 5.68. The smallest absolute Gasteiger partial charge is 0.0253 e. The Balaban J connectivity index is 2.40. The molecule has 3 heteroatoms. The van der Waals surface area contributed by atoms with Crippen molar-refractivity contribution in [3.8, 4) is 0 Å². The summed E-state index contributed by atoms with van der Waals surface area (Å²) in [5.74, 6) is 0.759. The third-order valence-corrected chi connectivity index (χ3v) is 2.55. The number of nitrogens with two attached hydrogens (primary N) is 1. The Kier molecular flexibility index (Phi) is 3.30. The molecule has 0 aromatic heterocycles. The molecule has 66 valence electrons. The van der Waals surface area contributed by atoms with Gasteiger partial charge in [0.05, 0.1) is 0 Å². The van der Waals surface area contributed by atoms with Crippen molar-refractivity contribution in [2.24, 2.45) is 11.7 Å². The molecule has 3 N–H and O–H groups in total. The van der Waals surface area contributed by atoms with Crippen molar-refractivity contribution in [1.29, 1.82) is 0 Å². The number of likely N-dealkylation sites (N-methyl/N-ethyl adjacent to an activating group) is 1. The summed E-state index contributed by atoms with van der Waals surface area (Å²) in [4.78, 5) is 2.23. The summed E-state index contributed by atoms with van der Waals surface area (Å²) in [5, 5.41) is 3.36. The van der Waals surface area contributed by atoms with Crippen LogP contribution in [-0.4, -0.2) is 44.7 Å². The molecule has 1 aliphatic rings. The Bertz CT molecular complexity index is 108. The second kappa shape index (κ2) is 4.04. The zero-order chi connectivity index (χ0) is 8.27. The molecule has 1 rings (SSSR count). The van der Waals surface area contributed by atoms with Crippen LogP contribution in [0.2, 0.25) is 0 Å². The van der Waals surface area contributed by atoms with Gasteiger partial charge in [-0.1, -0.05) is 0 Å². The van der Waals surface area contributed by atoms with E-state index in [4.69, 9.17) is 5.73 Å². The van der Waals surface area contributed by atoms with Crippen LogP contribution in [0.25, 0.3) is 0 Å². The zero-order valence-electron chi connectivity index (χ0n) is 7.51. The Morgan fingerprint density at radius 3 is 2.73 bits per heavy atom. The minimum atomic E-state index is 0.560. The van der Waals surface area contributed by atoms with Crippen LogP contribution in [0.3, 0.4) is 0 Å². The van der Waals surface area contributed by atoms with Crippen LogP contribution in [0.4, 0.5) is 0 Å². The first kappa shape index (κ1) is 8.97. The predicted octanol–water partition coefficient (Wildman–Crippen LogP) is -0.515. The molecule has 0 aromatic carbocycles. The molecule has 2 unspecified atom stereocenters. The first-order chi connectivity index (χ1) is 5.25. The number of rotatable bonds is 3. The highest BCUT2D eigenvalue weighted by molar-refractivity contribution is 4.83. The van der Waals surface area contributed by atoms with Crippen molar-refractivity contribution in [2.45, 2.75) is 12.5 Å². The van der Waals surface area contributed by atoms with Gasteiger partial charge in [-0.2, -0.15) is 0 Å². The highest BCUT2D eigenvalue weighted by Crippen LogP contribution is 2.14. The van der Waals surface area contributed by atoms with Crippen molar-refractivity contribution in [3.63, 3.8) is 0 Å². The average Bonchev–Trinajstić information content (AvgIpc) is 2.40. The quantitative estimate of drug-likeness (QED) is 0.579. The van der Waals surface area contributed by atoms with Gasteiger partial charge in [0.1, 0.15) is 0 Å². The topological polar surface area (TPSA) is 41.3 Å². The molecule has 0 aromatic rings. The van der Waals surface area contributed by atoms with Gasteiger partial charge in [0.25, 0.3) is 0 Å². The van der Waals surface area contributed by atoms with E-state index in [1.54, 1.807) is 0 Å². The van der Waals surface area contributed by atoms with Gasteiger partial charge in [0.2, 0.25) is 0 Å². The lowest BCUT2D eigenvalue weighted by atomic mass is 9.98. The van der Waals surface area contributed by atoms with Crippen molar-refractivity contribution >= 4 is 0 Å². The summed E-state index contributed by atoms with van der Waals surface area (Å²) in [7, 11) is 4.21. The average molecular weight is 157 g/mol. The fourth-order valence-corrected chi connectivity index (χ4v) is 1.83. The summed E-state index contributed by atoms with van der Waals surface area (Å²) >= 11 is 0. The van der Waals surface area contributed by atoms with E-state index in [9.17, 15) is 0 Å². The zero-order valence-corrected chi connectivity index (χ0v) is 7.51. The predicted molar refractivity (Wildman–Crippen MR) is 47.5 cm³/mol. The lowest BCUT2D eigenvalue weighted by molar-refractivity contribution is 0.226. The number of nitrogens with zero attached hydrogens (tertiary/aromatic N) is 1. The highest BCUT2D eigenvalue weighted by Gasteiger charge is 2.24. The minimum absolute atomic E-state index is 0.560. The van der Waals surface area contributed by atoms with Crippen LogP contribution in [-0.2, 0) is 0 Å². The maximum Gasteiger partial charge on any atom is 0.0253 e. The lowest BCUT2D eigenvalue weighted by Gasteiger charge is -2.27. The molecular formula is C8H19N3. The normalized spacial score (nSPS) is 27.8. The van der Waals surface area contributed by atoms with Gasteiger partial charge in [-0.05, 0) is 39.5 Å². The van der Waals surface area contributed by atoms with E-state index in [1.165, 1.54) is 6.42 Å². The molecule has 2 atom stereocenters. The van der Waals surface area contributed by atoms with E-state index in [1.807, 2.05) is 0 Å². The summed E-state index contributed by atoms with van der Waals surface area (Å²) in [6, 6.07) is 0.560. The van der Waals surface area contributed by atoms with E-state index in [2.05, 4.69) is 24.3 Å². The van der Waals surface area contributed by atoms with Gasteiger partial charge in [0.15, 0.2) is 0 Å². The molecule has 0 aliphatic carbocycles. The Labute approximate surface area is 68.9 Å². The molecule has 1 heterocycles. The van der Waals surface area contributed by atoms with E-state index in [0.29, 0.717) is 6.04 Å². The van der Waals surface area contributed by atoms with Crippen molar-refractivity contribution in [3.05, 3.63) is 0 Å². The van der Waals surface area contributed by atoms with Crippen LogP contribution in [0, 0.1) is 5.92 Å². The van der Waals surface area contributed by atoms with Crippen LogP contribution in [0.15, 0.2) is 0 Å². The van der Waals surface area contributed by atoms with E-state index < -0.39 is 0 Å². The third kappa shape index (κ3) is 2.15. The van der Waals surface area contributed by atoms with Crippen LogP contribution >= 0.6 is 0 Å². The summed E-state index contributed by atoms with van der Waals surface area (Å²) in [6.07, 6.45) is 1.28. The number of hydrogen-bond acceptors (Lipinski definition) is 3. The van der Waals surface area contributed by atoms with Crippen molar-refractivity contribution in [2.75, 3.05) is 33.7 Å². The van der Waals surface area contributed by atoms with Crippen molar-refractivity contribution in [1.82, 2.24) is 10.2 Å². The molecule has 0 bridgehead atoms. The molecule has 1 fully saturated rings. The standard InChI is InChI=1S/C8H19N3/c1-11(2)8(5-9)7-3-4-10-6-7/h7-8,10H,3-6,9H2,1-2H3. The molecule has 0 saturated carbocycles. The summed E-state index contributed by atoms with van der Waals surface area (Å²) in [6.45, 7) is 3.08. The Morgan fingerprint density at radius 1 is 1.64 bits per heavy atom. The molecule has 0 radical (unpaired) electrons. The lowest BCUT2D eigenvalue weighted by Crippen LogP contribution is -2.42. The summed E-state index contributed by atoms with van der Waals surface area (Å²) in [5.41, 5.74) is 5.68. The molecular weight excluding hydrogens is 138 g/mol. The van der Waals surface area contributed by atoms with Crippen LogP contribution < -0.4 is 11.1 Å². The first-order valence-electron chi connectivity index (χ1n) is 4.33. The van der Waals surface area contributed by atoms with E-state index >= 15 is 0 Å². The van der Waals surface area contributed by atoms with E-state index in [0.717, 1.165) is 25.6 Å². The number of hydrogen-bond donors (Lipinski definition) is 2. The van der Waals surface area contributed by atoms with Gasteiger partial charge >= 0.3 is 0 Å². The summed E-state index contributed by atoms with van der Waals surface area (Å²) < 4.78 is 0. The second-order valence-electron chi connectivity index (χ2n) is 3.52. The molecule has 3 nitrogen and oxygen atoms in total. The van der Waals surface area contributed by atoms with Crippen molar-refractivity contribution < 1.29 is 0 Å². The molecule has 11 heavy (non-hydrogen) atoms. The van der Waals surface area contributed by atoms with Gasteiger partial charge in [-0.3, -0.25) is 0 Å². The van der Waals surface area contributed by atoms with Gasteiger partial charge < -0.3 is 16.0 Å². The molecule has 1 aliphatic heterocycles. The largest absolute Gasteiger partial charge is 0.329 e. The molecule has 1 saturated heterocycles. The second-order valence-corrected chi connectivity index (χ2v) is 3.52. The van der Waals surface area contributed by atoms with Crippen LogP contribution in [0.1, 0.15) is 6.42 Å². The first-order valence-corrected chi connectivity index (χ1v) is 4.33. The SMILES string of the molecule is CN(C)C(CN)C1CCNC1. The molecule has 0 spiro atoms. The van der Waals surface area contributed by atoms with Gasteiger partial charge in [-0.15, -0.1) is 0 Å².